The fraction of sp³-hybridized carbons (Fsp3) is 0.0909. The molecule has 0 aliphatic heterocycles. The molecule has 0 spiro atoms. The highest BCUT2D eigenvalue weighted by molar-refractivity contribution is 5.92. The van der Waals surface area contributed by atoms with Crippen LogP contribution in [-0.4, -0.2) is 17.0 Å². The minimum absolute atomic E-state index is 0.0575. The Morgan fingerprint density at radius 1 is 0.815 bits per heavy atom. The number of carboxylic acids is 1. The van der Waals surface area contributed by atoms with Gasteiger partial charge >= 0.3 is 5.97 Å². The smallest absolute Gasteiger partial charge is 0.303 e. The number of nitrogens with one attached hydrogen (secondary N) is 1. The molecule has 0 aliphatic rings. The van der Waals surface area contributed by atoms with Gasteiger partial charge in [0.05, 0.1) is 6.42 Å². The van der Waals surface area contributed by atoms with Gasteiger partial charge in [-0.25, -0.2) is 0 Å². The average molecular weight is 361 g/mol. The van der Waals surface area contributed by atoms with Crippen LogP contribution in [0.1, 0.15) is 12.8 Å². The van der Waals surface area contributed by atoms with Crippen molar-refractivity contribution in [2.45, 2.75) is 12.8 Å². The fourth-order valence-electron chi connectivity index (χ4n) is 2.59. The Bertz CT molecular complexity index is 921. The first-order valence-electron chi connectivity index (χ1n) is 8.56. The minimum Gasteiger partial charge on any atom is -0.481 e. The maximum Gasteiger partial charge on any atom is 0.303 e. The first kappa shape index (κ1) is 18.2. The molecule has 0 atom stereocenters. The van der Waals surface area contributed by atoms with Gasteiger partial charge in [0.15, 0.2) is 0 Å². The van der Waals surface area contributed by atoms with Crippen LogP contribution in [0.15, 0.2) is 78.9 Å². The van der Waals surface area contributed by atoms with E-state index in [1.807, 2.05) is 54.6 Å². The number of ether oxygens (including phenoxy) is 1. The van der Waals surface area contributed by atoms with E-state index in [1.165, 1.54) is 0 Å². The molecule has 0 unspecified atom stereocenters. The molecule has 3 rings (SSSR count). The molecule has 136 valence electrons. The molecule has 5 heteroatoms. The zero-order valence-corrected chi connectivity index (χ0v) is 14.6. The molecule has 0 radical (unpaired) electrons. The Hall–Kier alpha value is -3.60. The maximum absolute atomic E-state index is 11.7. The number of amides is 1. The summed E-state index contributed by atoms with van der Waals surface area (Å²) in [5, 5.41) is 11.3. The number of carbonyl (C=O) groups excluding carboxylic acids is 1. The van der Waals surface area contributed by atoms with Crippen LogP contribution in [0, 0.1) is 0 Å². The van der Waals surface area contributed by atoms with Gasteiger partial charge in [0.1, 0.15) is 11.5 Å². The van der Waals surface area contributed by atoms with Gasteiger partial charge in [-0.3, -0.25) is 9.59 Å². The van der Waals surface area contributed by atoms with Crippen LogP contribution in [0.4, 0.5) is 5.69 Å². The summed E-state index contributed by atoms with van der Waals surface area (Å²) in [6.07, 6.45) is -0.249. The van der Waals surface area contributed by atoms with Gasteiger partial charge in [0.25, 0.3) is 0 Å². The number of hydrogen-bond donors (Lipinski definition) is 2. The van der Waals surface area contributed by atoms with Crippen molar-refractivity contribution in [3.05, 3.63) is 78.9 Å². The van der Waals surface area contributed by atoms with Gasteiger partial charge in [0, 0.05) is 17.7 Å². The van der Waals surface area contributed by atoms with Crippen molar-refractivity contribution >= 4 is 17.6 Å². The molecule has 1 amide bonds. The Kier molecular flexibility index (Phi) is 5.84. The lowest BCUT2D eigenvalue weighted by molar-refractivity contribution is -0.138. The Labute approximate surface area is 157 Å². The largest absolute Gasteiger partial charge is 0.481 e. The molecule has 0 saturated carbocycles. The van der Waals surface area contributed by atoms with Crippen molar-refractivity contribution in [1.82, 2.24) is 0 Å². The molecular formula is C22H19NO4. The second kappa shape index (κ2) is 8.67. The molecule has 2 N–H and O–H groups in total. The van der Waals surface area contributed by atoms with Gasteiger partial charge < -0.3 is 15.2 Å². The molecule has 0 heterocycles. The number of carbonyl (C=O) groups is 2. The van der Waals surface area contributed by atoms with E-state index in [0.717, 1.165) is 16.9 Å². The number of carboxylic acid groups (broad SMARTS) is 1. The number of hydrogen-bond acceptors (Lipinski definition) is 3. The Balaban J connectivity index is 1.69. The van der Waals surface area contributed by atoms with Crippen LogP contribution in [0.2, 0.25) is 0 Å². The van der Waals surface area contributed by atoms with E-state index in [0.29, 0.717) is 11.4 Å². The number of aliphatic carboxylic acids is 1. The first-order chi connectivity index (χ1) is 13.1. The van der Waals surface area contributed by atoms with Gasteiger partial charge in [-0.05, 0) is 35.9 Å². The summed E-state index contributed by atoms with van der Waals surface area (Å²) >= 11 is 0. The summed E-state index contributed by atoms with van der Waals surface area (Å²) < 4.78 is 6.01. The second-order valence-corrected chi connectivity index (χ2v) is 5.93. The van der Waals surface area contributed by atoms with Crippen molar-refractivity contribution in [2.75, 3.05) is 5.32 Å². The van der Waals surface area contributed by atoms with Crippen molar-refractivity contribution < 1.29 is 19.4 Å². The van der Waals surface area contributed by atoms with Gasteiger partial charge in [-0.15, -0.1) is 0 Å². The SMILES string of the molecule is O=C(O)CCC(=O)Nc1ccc(Oc2ccccc2-c2ccccc2)cc1. The number of benzene rings is 3. The number of rotatable bonds is 7. The van der Waals surface area contributed by atoms with Gasteiger partial charge in [0.2, 0.25) is 5.91 Å². The average Bonchev–Trinajstić information content (AvgIpc) is 2.69. The lowest BCUT2D eigenvalue weighted by atomic mass is 10.1. The van der Waals surface area contributed by atoms with Crippen molar-refractivity contribution in [2.24, 2.45) is 0 Å². The standard InChI is InChI=1S/C22H19NO4/c24-21(14-15-22(25)26)23-17-10-12-18(13-11-17)27-20-9-5-4-8-19(20)16-6-2-1-3-7-16/h1-13H,14-15H2,(H,23,24)(H,25,26). The fourth-order valence-corrected chi connectivity index (χ4v) is 2.59. The van der Waals surface area contributed by atoms with E-state index in [9.17, 15) is 9.59 Å². The zero-order chi connectivity index (χ0) is 19.1. The first-order valence-corrected chi connectivity index (χ1v) is 8.56. The van der Waals surface area contributed by atoms with Crippen molar-refractivity contribution in [1.29, 1.82) is 0 Å². The summed E-state index contributed by atoms with van der Waals surface area (Å²) in [7, 11) is 0. The molecular weight excluding hydrogens is 342 g/mol. The van der Waals surface area contributed by atoms with E-state index in [1.54, 1.807) is 24.3 Å². The van der Waals surface area contributed by atoms with Crippen LogP contribution in [0.5, 0.6) is 11.5 Å². The van der Waals surface area contributed by atoms with Crippen LogP contribution in [0.3, 0.4) is 0 Å². The third-order valence-electron chi connectivity index (χ3n) is 3.90. The quantitative estimate of drug-likeness (QED) is 0.624. The Morgan fingerprint density at radius 2 is 1.48 bits per heavy atom. The van der Waals surface area contributed by atoms with Crippen LogP contribution >= 0.6 is 0 Å². The van der Waals surface area contributed by atoms with E-state index in [-0.39, 0.29) is 18.7 Å². The molecule has 3 aromatic rings. The maximum atomic E-state index is 11.7. The molecule has 0 aliphatic carbocycles. The minimum atomic E-state index is -0.994. The van der Waals surface area contributed by atoms with Crippen molar-refractivity contribution in [3.8, 4) is 22.6 Å². The molecule has 0 saturated heterocycles. The molecule has 27 heavy (non-hydrogen) atoms. The third kappa shape index (κ3) is 5.19. The summed E-state index contributed by atoms with van der Waals surface area (Å²) in [5.74, 6) is 0.0512. The normalized spacial score (nSPS) is 10.2. The second-order valence-electron chi connectivity index (χ2n) is 5.93. The summed E-state index contributed by atoms with van der Waals surface area (Å²) in [5.41, 5.74) is 2.65. The highest BCUT2D eigenvalue weighted by Crippen LogP contribution is 2.33. The molecule has 5 nitrogen and oxygen atoms in total. The van der Waals surface area contributed by atoms with Gasteiger partial charge in [-0.1, -0.05) is 48.5 Å². The number of para-hydroxylation sites is 1. The van der Waals surface area contributed by atoms with E-state index >= 15 is 0 Å². The lowest BCUT2D eigenvalue weighted by Crippen LogP contribution is -2.12. The van der Waals surface area contributed by atoms with E-state index in [2.05, 4.69) is 5.32 Å². The molecule has 0 fully saturated rings. The summed E-state index contributed by atoms with van der Waals surface area (Å²) in [6.45, 7) is 0. The van der Waals surface area contributed by atoms with Gasteiger partial charge in [-0.2, -0.15) is 0 Å². The van der Waals surface area contributed by atoms with Crippen LogP contribution in [-0.2, 0) is 9.59 Å². The lowest BCUT2D eigenvalue weighted by Gasteiger charge is -2.12. The predicted octanol–water partition coefficient (Wildman–Crippen LogP) is 4.95. The Morgan fingerprint density at radius 3 is 2.19 bits per heavy atom. The monoisotopic (exact) mass is 361 g/mol. The van der Waals surface area contributed by atoms with Crippen LogP contribution in [0.25, 0.3) is 11.1 Å². The summed E-state index contributed by atoms with van der Waals surface area (Å²) in [4.78, 5) is 22.2. The highest BCUT2D eigenvalue weighted by atomic mass is 16.5. The zero-order valence-electron chi connectivity index (χ0n) is 14.6. The topological polar surface area (TPSA) is 75.6 Å². The molecule has 3 aromatic carbocycles. The summed E-state index contributed by atoms with van der Waals surface area (Å²) in [6, 6.07) is 24.7. The van der Waals surface area contributed by atoms with E-state index in [4.69, 9.17) is 9.84 Å². The number of anilines is 1. The van der Waals surface area contributed by atoms with E-state index < -0.39 is 5.97 Å². The third-order valence-corrected chi connectivity index (χ3v) is 3.90. The highest BCUT2D eigenvalue weighted by Gasteiger charge is 2.08. The van der Waals surface area contributed by atoms with Crippen molar-refractivity contribution in [3.63, 3.8) is 0 Å². The predicted molar refractivity (Wildman–Crippen MR) is 104 cm³/mol. The van der Waals surface area contributed by atoms with Crippen LogP contribution < -0.4 is 10.1 Å². The molecule has 0 aromatic heterocycles. The molecule has 0 bridgehead atoms.